The fraction of sp³-hybridized carbons (Fsp3) is 0.500. The molecule has 2 aromatic rings. The van der Waals surface area contributed by atoms with E-state index < -0.39 is 12.6 Å². The van der Waals surface area contributed by atoms with Crippen LogP contribution in [0, 0.1) is 5.92 Å². The number of carbonyl (C=O) groups is 1. The first-order valence-corrected chi connectivity index (χ1v) is 10.3. The van der Waals surface area contributed by atoms with Crippen molar-refractivity contribution in [3.05, 3.63) is 35.9 Å². The number of anilines is 1. The van der Waals surface area contributed by atoms with Crippen molar-refractivity contribution in [3.8, 4) is 5.69 Å². The molecule has 0 aliphatic heterocycles. The molecule has 2 rings (SSSR count). The van der Waals surface area contributed by atoms with Crippen molar-refractivity contribution in [3.63, 3.8) is 0 Å². The molecule has 0 saturated heterocycles. The molecule has 28 heavy (non-hydrogen) atoms. The summed E-state index contributed by atoms with van der Waals surface area (Å²) >= 11 is 7.39. The lowest BCUT2D eigenvalue weighted by Gasteiger charge is -2.23. The van der Waals surface area contributed by atoms with Gasteiger partial charge in [0.25, 0.3) is 0 Å². The molecule has 0 spiro atoms. The first-order chi connectivity index (χ1) is 13.2. The summed E-state index contributed by atoms with van der Waals surface area (Å²) in [7, 11) is 0. The van der Waals surface area contributed by atoms with E-state index in [1.165, 1.54) is 0 Å². The zero-order chi connectivity index (χ0) is 20.7. The predicted octanol–water partition coefficient (Wildman–Crippen LogP) is 4.99. The Morgan fingerprint density at radius 2 is 2.11 bits per heavy atom. The Kier molecular flexibility index (Phi) is 8.18. The molecule has 2 aromatic heterocycles. The molecule has 154 valence electrons. The highest BCUT2D eigenvalue weighted by molar-refractivity contribution is 7.99. The minimum atomic E-state index is -4.17. The molecule has 0 aromatic carbocycles. The lowest BCUT2D eigenvalue weighted by Crippen LogP contribution is -2.34. The van der Waals surface area contributed by atoms with Gasteiger partial charge in [0.05, 0.1) is 24.5 Å². The summed E-state index contributed by atoms with van der Waals surface area (Å²) in [5.41, 5.74) is 1.18. The van der Waals surface area contributed by atoms with E-state index in [-0.39, 0.29) is 29.2 Å². The van der Waals surface area contributed by atoms with Crippen molar-refractivity contribution >= 4 is 35.0 Å². The normalized spacial score (nSPS) is 11.8. The maximum atomic E-state index is 12.7. The van der Waals surface area contributed by atoms with Gasteiger partial charge in [-0.2, -0.15) is 30.0 Å². The molecule has 0 atom stereocenters. The Hall–Kier alpha value is -1.74. The van der Waals surface area contributed by atoms with Crippen LogP contribution in [0.25, 0.3) is 5.69 Å². The maximum Gasteiger partial charge on any atom is 0.389 e. The number of carbonyl (C=O) groups excluding carboxylic acids is 1. The molecule has 0 fully saturated rings. The molecular formula is C18H22ClF3N4OS. The van der Waals surface area contributed by atoms with Crippen LogP contribution in [0.4, 0.5) is 18.9 Å². The van der Waals surface area contributed by atoms with Crippen LogP contribution in [0.3, 0.4) is 0 Å². The van der Waals surface area contributed by atoms with Crippen LogP contribution in [0.2, 0.25) is 5.15 Å². The monoisotopic (exact) mass is 434 g/mol. The summed E-state index contributed by atoms with van der Waals surface area (Å²) in [6.07, 6.45) is 0.0278. The van der Waals surface area contributed by atoms with E-state index in [2.05, 4.69) is 10.1 Å². The van der Waals surface area contributed by atoms with E-state index in [4.69, 9.17) is 11.6 Å². The Bertz CT molecular complexity index is 768. The first-order valence-electron chi connectivity index (χ1n) is 8.78. The fourth-order valence-corrected chi connectivity index (χ4v) is 3.56. The largest absolute Gasteiger partial charge is 0.389 e. The highest BCUT2D eigenvalue weighted by Gasteiger charge is 2.26. The van der Waals surface area contributed by atoms with Gasteiger partial charge >= 0.3 is 6.18 Å². The summed E-state index contributed by atoms with van der Waals surface area (Å²) in [4.78, 5) is 18.3. The SMILES string of the molecule is CC(C)CN(C(=O)CCSCCC(F)(F)F)c1cn(-c2cccnc2)nc1Cl. The maximum absolute atomic E-state index is 12.7. The highest BCUT2D eigenvalue weighted by atomic mass is 35.5. The van der Waals surface area contributed by atoms with Crippen LogP contribution in [-0.4, -0.2) is 44.9 Å². The Morgan fingerprint density at radius 3 is 2.71 bits per heavy atom. The van der Waals surface area contributed by atoms with E-state index in [1.807, 2.05) is 19.9 Å². The Labute approximate surface area is 171 Å². The van der Waals surface area contributed by atoms with Crippen molar-refractivity contribution in [2.45, 2.75) is 32.9 Å². The molecule has 10 heteroatoms. The zero-order valence-electron chi connectivity index (χ0n) is 15.6. The van der Waals surface area contributed by atoms with Gasteiger partial charge in [-0.3, -0.25) is 9.78 Å². The van der Waals surface area contributed by atoms with Gasteiger partial charge in [-0.15, -0.1) is 0 Å². The quantitative estimate of drug-likeness (QED) is 0.522. The minimum absolute atomic E-state index is 0.0549. The molecule has 0 radical (unpaired) electrons. The van der Waals surface area contributed by atoms with Gasteiger partial charge in [-0.25, -0.2) is 4.68 Å². The summed E-state index contributed by atoms with van der Waals surface area (Å²) in [6, 6.07) is 3.58. The third kappa shape index (κ3) is 7.01. The van der Waals surface area contributed by atoms with Crippen LogP contribution < -0.4 is 4.90 Å². The van der Waals surface area contributed by atoms with Crippen molar-refractivity contribution in [1.82, 2.24) is 14.8 Å². The second-order valence-corrected chi connectivity index (χ2v) is 8.17. The highest BCUT2D eigenvalue weighted by Crippen LogP contribution is 2.28. The molecule has 0 bridgehead atoms. The standard InChI is InChI=1S/C18H22ClF3N4OS/c1-13(2)11-25(16(27)5-8-28-9-6-18(20,21)22)15-12-26(24-17(15)19)14-4-3-7-23-10-14/h3-4,7,10,12-13H,5-6,8-9,11H2,1-2H3. The Balaban J connectivity index is 2.07. The van der Waals surface area contributed by atoms with Crippen LogP contribution in [0.1, 0.15) is 26.7 Å². The average molecular weight is 435 g/mol. The molecule has 0 aliphatic rings. The van der Waals surface area contributed by atoms with Gasteiger partial charge in [0, 0.05) is 30.7 Å². The molecular weight excluding hydrogens is 413 g/mol. The summed E-state index contributed by atoms with van der Waals surface area (Å²) in [6.45, 7) is 4.38. The van der Waals surface area contributed by atoms with E-state index in [1.54, 1.807) is 34.2 Å². The third-order valence-corrected chi connectivity index (χ3v) is 4.95. The Morgan fingerprint density at radius 1 is 1.36 bits per heavy atom. The minimum Gasteiger partial charge on any atom is -0.308 e. The van der Waals surface area contributed by atoms with Crippen LogP contribution in [0.5, 0.6) is 0 Å². The van der Waals surface area contributed by atoms with Crippen LogP contribution in [0.15, 0.2) is 30.7 Å². The number of nitrogens with zero attached hydrogens (tertiary/aromatic N) is 4. The second kappa shape index (κ2) is 10.2. The van der Waals surface area contributed by atoms with Gasteiger partial charge in [-0.05, 0) is 18.1 Å². The zero-order valence-corrected chi connectivity index (χ0v) is 17.2. The number of hydrogen-bond donors (Lipinski definition) is 0. The molecule has 2 heterocycles. The number of pyridine rings is 1. The average Bonchev–Trinajstić information content (AvgIpc) is 3.00. The first kappa shape index (κ1) is 22.5. The lowest BCUT2D eigenvalue weighted by molar-refractivity contribution is -0.129. The number of alkyl halides is 3. The summed E-state index contributed by atoms with van der Waals surface area (Å²) < 4.78 is 38.2. The van der Waals surface area contributed by atoms with E-state index in [0.717, 1.165) is 11.8 Å². The third-order valence-electron chi connectivity index (χ3n) is 3.69. The van der Waals surface area contributed by atoms with Crippen LogP contribution >= 0.6 is 23.4 Å². The molecule has 0 aliphatic carbocycles. The number of amides is 1. The van der Waals surface area contributed by atoms with E-state index in [9.17, 15) is 18.0 Å². The number of hydrogen-bond acceptors (Lipinski definition) is 4. The predicted molar refractivity (Wildman–Crippen MR) is 106 cm³/mol. The van der Waals surface area contributed by atoms with Gasteiger partial charge in [-0.1, -0.05) is 25.4 Å². The van der Waals surface area contributed by atoms with E-state index in [0.29, 0.717) is 23.7 Å². The van der Waals surface area contributed by atoms with Crippen molar-refractivity contribution in [2.75, 3.05) is 23.0 Å². The number of thioether (sulfide) groups is 1. The smallest absolute Gasteiger partial charge is 0.308 e. The van der Waals surface area contributed by atoms with Gasteiger partial charge in [0.15, 0.2) is 5.15 Å². The molecule has 1 amide bonds. The molecule has 0 N–H and O–H groups in total. The van der Waals surface area contributed by atoms with E-state index >= 15 is 0 Å². The van der Waals surface area contributed by atoms with Gasteiger partial charge < -0.3 is 4.90 Å². The molecule has 0 unspecified atom stereocenters. The van der Waals surface area contributed by atoms with Crippen molar-refractivity contribution in [2.24, 2.45) is 5.92 Å². The second-order valence-electron chi connectivity index (χ2n) is 6.59. The lowest BCUT2D eigenvalue weighted by atomic mass is 10.2. The number of rotatable bonds is 9. The molecule has 5 nitrogen and oxygen atoms in total. The van der Waals surface area contributed by atoms with Crippen molar-refractivity contribution < 1.29 is 18.0 Å². The fourth-order valence-electron chi connectivity index (χ4n) is 2.43. The van der Waals surface area contributed by atoms with Gasteiger partial charge in [0.1, 0.15) is 5.69 Å². The topological polar surface area (TPSA) is 51.0 Å². The number of aromatic nitrogens is 3. The molecule has 0 saturated carbocycles. The van der Waals surface area contributed by atoms with Crippen LogP contribution in [-0.2, 0) is 4.79 Å². The van der Waals surface area contributed by atoms with Gasteiger partial charge in [0.2, 0.25) is 5.91 Å². The summed E-state index contributed by atoms with van der Waals surface area (Å²) in [5.74, 6) is 0.249. The van der Waals surface area contributed by atoms with Crippen molar-refractivity contribution in [1.29, 1.82) is 0 Å². The summed E-state index contributed by atoms with van der Waals surface area (Å²) in [5, 5.41) is 4.43. The number of halogens is 4.